The van der Waals surface area contributed by atoms with Gasteiger partial charge in [0.25, 0.3) is 0 Å². The molecule has 7 nitrogen and oxygen atoms in total. The van der Waals surface area contributed by atoms with E-state index in [-0.39, 0.29) is 0 Å². The summed E-state index contributed by atoms with van der Waals surface area (Å²) in [5, 5.41) is 14.5. The second-order valence-electron chi connectivity index (χ2n) is 5.35. The van der Waals surface area contributed by atoms with Crippen LogP contribution >= 0.6 is 15.9 Å². The number of hydrogen-bond acceptors (Lipinski definition) is 6. The van der Waals surface area contributed by atoms with Gasteiger partial charge in [0.2, 0.25) is 5.95 Å². The molecule has 1 N–H and O–H groups in total. The van der Waals surface area contributed by atoms with E-state index in [9.17, 15) is 0 Å². The number of nitrogens with zero attached hydrogens (tertiary/aromatic N) is 4. The Morgan fingerprint density at radius 2 is 2.00 bits per heavy atom. The summed E-state index contributed by atoms with van der Waals surface area (Å²) in [6.45, 7) is 0.950. The van der Waals surface area contributed by atoms with E-state index in [4.69, 9.17) is 9.47 Å². The summed E-state index contributed by atoms with van der Waals surface area (Å²) in [6.07, 6.45) is 0. The second-order valence-corrected chi connectivity index (χ2v) is 6.27. The van der Waals surface area contributed by atoms with Gasteiger partial charge in [-0.15, -0.1) is 0 Å². The van der Waals surface area contributed by atoms with Crippen LogP contribution in [0, 0.1) is 0 Å². The highest BCUT2D eigenvalue weighted by molar-refractivity contribution is 9.10. The lowest BCUT2D eigenvalue weighted by molar-refractivity contribution is 0.281. The minimum absolute atomic E-state index is 0.456. The van der Waals surface area contributed by atoms with E-state index in [0.29, 0.717) is 30.6 Å². The van der Waals surface area contributed by atoms with Crippen molar-refractivity contribution in [1.29, 1.82) is 0 Å². The van der Waals surface area contributed by atoms with Crippen molar-refractivity contribution in [2.75, 3.05) is 12.4 Å². The minimum Gasteiger partial charge on any atom is -0.493 e. The third-order valence-corrected chi connectivity index (χ3v) is 4.06. The highest BCUT2D eigenvalue weighted by atomic mass is 79.9. The maximum atomic E-state index is 6.06. The number of halogens is 1. The molecule has 3 rings (SSSR count). The van der Waals surface area contributed by atoms with Crippen LogP contribution in [0.15, 0.2) is 46.9 Å². The maximum Gasteiger partial charge on any atom is 0.242 e. The van der Waals surface area contributed by atoms with Crippen molar-refractivity contribution in [3.8, 4) is 11.5 Å². The van der Waals surface area contributed by atoms with Crippen molar-refractivity contribution in [1.82, 2.24) is 20.2 Å². The van der Waals surface area contributed by atoms with Gasteiger partial charge in [-0.25, -0.2) is 4.68 Å². The van der Waals surface area contributed by atoms with E-state index in [1.54, 1.807) is 18.8 Å². The molecule has 25 heavy (non-hydrogen) atoms. The molecule has 0 saturated carbocycles. The zero-order chi connectivity index (χ0) is 17.6. The molecule has 0 aliphatic heterocycles. The van der Waals surface area contributed by atoms with Crippen LogP contribution in [0.3, 0.4) is 0 Å². The van der Waals surface area contributed by atoms with Gasteiger partial charge in [0.15, 0.2) is 11.5 Å². The molecule has 0 radical (unpaired) electrons. The van der Waals surface area contributed by atoms with Gasteiger partial charge in [-0.2, -0.15) is 0 Å². The normalized spacial score (nSPS) is 10.5. The van der Waals surface area contributed by atoms with Crippen LogP contribution in [-0.2, 0) is 20.2 Å². The number of hydrogen-bond donors (Lipinski definition) is 1. The highest BCUT2D eigenvalue weighted by Crippen LogP contribution is 2.35. The van der Waals surface area contributed by atoms with Crippen LogP contribution in [0.2, 0.25) is 0 Å². The van der Waals surface area contributed by atoms with Gasteiger partial charge in [0, 0.05) is 23.6 Å². The van der Waals surface area contributed by atoms with E-state index in [0.717, 1.165) is 15.6 Å². The average Bonchev–Trinajstić information content (AvgIpc) is 3.04. The molecule has 0 atom stereocenters. The summed E-state index contributed by atoms with van der Waals surface area (Å²) in [7, 11) is 3.40. The van der Waals surface area contributed by atoms with Crippen molar-refractivity contribution in [2.45, 2.75) is 13.2 Å². The highest BCUT2D eigenvalue weighted by Gasteiger charge is 2.14. The largest absolute Gasteiger partial charge is 0.493 e. The molecule has 0 amide bonds. The average molecular weight is 404 g/mol. The zero-order valence-electron chi connectivity index (χ0n) is 13.9. The fourth-order valence-electron chi connectivity index (χ4n) is 2.35. The smallest absolute Gasteiger partial charge is 0.242 e. The lowest BCUT2D eigenvalue weighted by Crippen LogP contribution is -2.08. The van der Waals surface area contributed by atoms with Crippen LogP contribution in [-0.4, -0.2) is 27.3 Å². The molecule has 130 valence electrons. The molecule has 3 aromatic rings. The molecule has 0 spiro atoms. The van der Waals surface area contributed by atoms with Crippen molar-refractivity contribution in [2.24, 2.45) is 7.05 Å². The standard InChI is InChI=1S/C17H18BrN5O2/c1-23-17(20-21-22-23)19-10-13-8-14(18)9-15(24-2)16(13)25-11-12-6-4-3-5-7-12/h3-9H,10-11H2,1-2H3,(H,19,20,22). The molecule has 0 bridgehead atoms. The Bertz CT molecular complexity index is 838. The fraction of sp³-hybridized carbons (Fsp3) is 0.235. The number of ether oxygens (including phenoxy) is 2. The minimum atomic E-state index is 0.456. The Labute approximate surface area is 154 Å². The number of rotatable bonds is 7. The first-order chi connectivity index (χ1) is 12.2. The Kier molecular flexibility index (Phi) is 5.49. The van der Waals surface area contributed by atoms with Gasteiger partial charge in [0.1, 0.15) is 6.61 Å². The number of methoxy groups -OCH3 is 1. The molecular weight excluding hydrogens is 386 g/mol. The van der Waals surface area contributed by atoms with E-state index < -0.39 is 0 Å². The van der Waals surface area contributed by atoms with Gasteiger partial charge < -0.3 is 14.8 Å². The first kappa shape index (κ1) is 17.2. The van der Waals surface area contributed by atoms with Crippen LogP contribution < -0.4 is 14.8 Å². The molecular formula is C17H18BrN5O2. The third kappa shape index (κ3) is 4.27. The lowest BCUT2D eigenvalue weighted by atomic mass is 10.1. The van der Waals surface area contributed by atoms with Crippen molar-refractivity contribution < 1.29 is 9.47 Å². The van der Waals surface area contributed by atoms with Gasteiger partial charge in [-0.3, -0.25) is 0 Å². The van der Waals surface area contributed by atoms with Gasteiger partial charge in [-0.05, 0) is 28.1 Å². The monoisotopic (exact) mass is 403 g/mol. The van der Waals surface area contributed by atoms with Gasteiger partial charge in [-0.1, -0.05) is 51.4 Å². The summed E-state index contributed by atoms with van der Waals surface area (Å²) in [5.74, 6) is 1.93. The quantitative estimate of drug-likeness (QED) is 0.652. The van der Waals surface area contributed by atoms with E-state index >= 15 is 0 Å². The zero-order valence-corrected chi connectivity index (χ0v) is 15.5. The summed E-state index contributed by atoms with van der Waals surface area (Å²) in [5.41, 5.74) is 2.02. The van der Waals surface area contributed by atoms with Crippen molar-refractivity contribution >= 4 is 21.9 Å². The van der Waals surface area contributed by atoms with E-state index in [1.165, 1.54) is 0 Å². The topological polar surface area (TPSA) is 74.1 Å². The molecule has 8 heteroatoms. The Morgan fingerprint density at radius 3 is 2.68 bits per heavy atom. The predicted molar refractivity (Wildman–Crippen MR) is 97.6 cm³/mol. The predicted octanol–water partition coefficient (Wildman–Crippen LogP) is 3.17. The summed E-state index contributed by atoms with van der Waals surface area (Å²) in [4.78, 5) is 0. The number of aryl methyl sites for hydroxylation is 1. The summed E-state index contributed by atoms with van der Waals surface area (Å²) >= 11 is 3.51. The first-order valence-electron chi connectivity index (χ1n) is 7.66. The number of nitrogens with one attached hydrogen (secondary N) is 1. The fourth-order valence-corrected chi connectivity index (χ4v) is 2.84. The molecule has 1 aromatic heterocycles. The summed E-state index contributed by atoms with van der Waals surface area (Å²) < 4.78 is 14.0. The molecule has 0 aliphatic carbocycles. The number of benzene rings is 2. The van der Waals surface area contributed by atoms with Gasteiger partial charge in [0.05, 0.1) is 7.11 Å². The number of tetrazole rings is 1. The van der Waals surface area contributed by atoms with Crippen LogP contribution in [0.5, 0.6) is 11.5 Å². The van der Waals surface area contributed by atoms with E-state index in [2.05, 4.69) is 36.8 Å². The first-order valence-corrected chi connectivity index (χ1v) is 8.46. The van der Waals surface area contributed by atoms with Crippen LogP contribution in [0.1, 0.15) is 11.1 Å². The molecule has 2 aromatic carbocycles. The molecule has 0 aliphatic rings. The Hall–Kier alpha value is -2.61. The van der Waals surface area contributed by atoms with Crippen LogP contribution in [0.25, 0.3) is 0 Å². The molecule has 0 unspecified atom stereocenters. The maximum absolute atomic E-state index is 6.06. The lowest BCUT2D eigenvalue weighted by Gasteiger charge is -2.16. The molecule has 1 heterocycles. The number of anilines is 1. The Balaban J connectivity index is 1.82. The van der Waals surface area contributed by atoms with E-state index in [1.807, 2.05) is 42.5 Å². The second kappa shape index (κ2) is 7.98. The third-order valence-electron chi connectivity index (χ3n) is 3.60. The molecule has 0 saturated heterocycles. The van der Waals surface area contributed by atoms with Crippen molar-refractivity contribution in [3.05, 3.63) is 58.1 Å². The summed E-state index contributed by atoms with van der Waals surface area (Å²) in [6, 6.07) is 13.9. The Morgan fingerprint density at radius 1 is 1.20 bits per heavy atom. The van der Waals surface area contributed by atoms with Crippen molar-refractivity contribution in [3.63, 3.8) is 0 Å². The van der Waals surface area contributed by atoms with Gasteiger partial charge >= 0.3 is 0 Å². The van der Waals surface area contributed by atoms with Crippen LogP contribution in [0.4, 0.5) is 5.95 Å². The number of aromatic nitrogens is 4. The molecule has 0 fully saturated rings. The SMILES string of the molecule is COc1cc(Br)cc(CNc2nnnn2C)c1OCc1ccccc1.